The Bertz CT molecular complexity index is 1160. The zero-order valence-corrected chi connectivity index (χ0v) is 20.9. The van der Waals surface area contributed by atoms with Crippen LogP contribution in [0, 0.1) is 5.92 Å². The van der Waals surface area contributed by atoms with E-state index in [1.54, 1.807) is 12.1 Å². The maximum absolute atomic E-state index is 12.2. The molecule has 0 bridgehead atoms. The molecule has 0 saturated heterocycles. The lowest BCUT2D eigenvalue weighted by Crippen LogP contribution is -2.32. The van der Waals surface area contributed by atoms with Gasteiger partial charge < -0.3 is 30.2 Å². The number of nitrogens with two attached hydrogens (primary N) is 1. The number of amides is 1. The quantitative estimate of drug-likeness (QED) is 0.289. The first kappa shape index (κ1) is 25.4. The van der Waals surface area contributed by atoms with Crippen molar-refractivity contribution in [3.8, 4) is 11.5 Å². The summed E-state index contributed by atoms with van der Waals surface area (Å²) in [7, 11) is 0. The van der Waals surface area contributed by atoms with Gasteiger partial charge in [0.25, 0.3) is 5.91 Å². The van der Waals surface area contributed by atoms with E-state index < -0.39 is 5.91 Å². The van der Waals surface area contributed by atoms with E-state index in [4.69, 9.17) is 31.9 Å². The summed E-state index contributed by atoms with van der Waals surface area (Å²) in [6.45, 7) is 4.70. The number of fused-ring (bicyclic) bond motifs is 1. The van der Waals surface area contributed by atoms with Crippen LogP contribution in [0.4, 0.5) is 0 Å². The highest BCUT2D eigenvalue weighted by Gasteiger charge is 2.22. The number of primary amides is 1. The van der Waals surface area contributed by atoms with Crippen LogP contribution in [0.1, 0.15) is 42.1 Å². The van der Waals surface area contributed by atoms with Gasteiger partial charge in [0.1, 0.15) is 6.61 Å². The van der Waals surface area contributed by atoms with Gasteiger partial charge in [-0.05, 0) is 74.4 Å². The number of hydrogen-bond donors (Lipinski definition) is 3. The Labute approximate surface area is 211 Å². The van der Waals surface area contributed by atoms with Gasteiger partial charge in [0, 0.05) is 48.4 Å². The Hall–Kier alpha value is -2.74. The summed E-state index contributed by atoms with van der Waals surface area (Å²) >= 11 is 6.13. The fraction of sp³-hybridized carbons (Fsp3) is 0.444. The van der Waals surface area contributed by atoms with E-state index in [1.165, 1.54) is 12.8 Å². The minimum atomic E-state index is -0.447. The predicted molar refractivity (Wildman–Crippen MR) is 138 cm³/mol. The van der Waals surface area contributed by atoms with Gasteiger partial charge in [-0.1, -0.05) is 11.6 Å². The molecule has 1 aliphatic carbocycles. The molecule has 7 nitrogen and oxygen atoms in total. The molecular formula is C27H34ClN3O4. The fourth-order valence-electron chi connectivity index (χ4n) is 4.24. The number of rotatable bonds is 14. The van der Waals surface area contributed by atoms with Crippen molar-refractivity contribution in [3.63, 3.8) is 0 Å². The van der Waals surface area contributed by atoms with Gasteiger partial charge >= 0.3 is 0 Å². The molecule has 1 aromatic heterocycles. The minimum absolute atomic E-state index is 0.101. The summed E-state index contributed by atoms with van der Waals surface area (Å²) in [6, 6.07) is 11.6. The van der Waals surface area contributed by atoms with Crippen molar-refractivity contribution >= 4 is 28.4 Å². The molecule has 0 spiro atoms. The summed E-state index contributed by atoms with van der Waals surface area (Å²) in [4.78, 5) is 12.2. The number of nitrogens with zero attached hydrogens (tertiary/aromatic N) is 1. The third-order valence-corrected chi connectivity index (χ3v) is 6.45. The number of aromatic nitrogens is 1. The largest absolute Gasteiger partial charge is 0.489 e. The molecule has 4 N–H and O–H groups in total. The average molecular weight is 500 g/mol. The Balaban J connectivity index is 1.32. The molecule has 1 atom stereocenters. The molecule has 2 aromatic carbocycles. The first-order valence-electron chi connectivity index (χ1n) is 12.3. The first-order chi connectivity index (χ1) is 16.9. The van der Waals surface area contributed by atoms with E-state index in [0.29, 0.717) is 60.7 Å². The lowest BCUT2D eigenvalue weighted by Gasteiger charge is -2.17. The van der Waals surface area contributed by atoms with Gasteiger partial charge in [-0.3, -0.25) is 4.79 Å². The molecule has 188 valence electrons. The second-order valence-corrected chi connectivity index (χ2v) is 9.72. The number of benzene rings is 2. The molecule has 1 fully saturated rings. The number of ether oxygens (including phenoxy) is 2. The van der Waals surface area contributed by atoms with E-state index in [-0.39, 0.29) is 12.6 Å². The molecule has 3 aromatic rings. The van der Waals surface area contributed by atoms with Crippen molar-refractivity contribution in [1.82, 2.24) is 9.88 Å². The third-order valence-electron chi connectivity index (χ3n) is 6.21. The molecular weight excluding hydrogens is 466 g/mol. The standard InChI is InChI=1S/C27H34ClN3O4/c1-18(30-8-12-34-24-6-5-22(28)16-25(24)35-17-19-3-4-19)13-20-14-21-7-10-31(9-2-11-32)26(21)23(15-20)27(29)33/h5-7,10,14-16,18-19,30,32H,2-4,8-9,11-13,17H2,1H3,(H2,29,33). The van der Waals surface area contributed by atoms with E-state index in [1.807, 2.05) is 29.0 Å². The SMILES string of the molecule is CC(Cc1cc(C(N)=O)c2c(ccn2CCCO)c1)NCCOc1ccc(Cl)cc1OCC1CC1. The normalized spacial score (nSPS) is 14.3. The topological polar surface area (TPSA) is 98.7 Å². The van der Waals surface area contributed by atoms with Gasteiger partial charge in [-0.2, -0.15) is 0 Å². The van der Waals surface area contributed by atoms with Crippen LogP contribution in [0.3, 0.4) is 0 Å². The Morgan fingerprint density at radius 3 is 2.80 bits per heavy atom. The van der Waals surface area contributed by atoms with E-state index in [2.05, 4.69) is 18.3 Å². The van der Waals surface area contributed by atoms with Crippen molar-refractivity contribution in [3.05, 3.63) is 58.7 Å². The van der Waals surface area contributed by atoms with Crippen LogP contribution in [0.25, 0.3) is 10.9 Å². The summed E-state index contributed by atoms with van der Waals surface area (Å²) < 4.78 is 13.8. The first-order valence-corrected chi connectivity index (χ1v) is 12.6. The van der Waals surface area contributed by atoms with Gasteiger partial charge in [0.2, 0.25) is 0 Å². The van der Waals surface area contributed by atoms with E-state index >= 15 is 0 Å². The third kappa shape index (κ3) is 6.90. The highest BCUT2D eigenvalue weighted by atomic mass is 35.5. The number of carbonyl (C=O) groups excluding carboxylic acids is 1. The average Bonchev–Trinajstić information content (AvgIpc) is 3.58. The molecule has 1 heterocycles. The summed E-state index contributed by atoms with van der Waals surface area (Å²) in [5.74, 6) is 1.60. The molecule has 0 radical (unpaired) electrons. The number of aliphatic hydroxyl groups is 1. The van der Waals surface area contributed by atoms with Gasteiger partial charge in [-0.25, -0.2) is 0 Å². The second kappa shape index (κ2) is 11.8. The van der Waals surface area contributed by atoms with Crippen LogP contribution in [0.15, 0.2) is 42.6 Å². The molecule has 4 rings (SSSR count). The number of halogens is 1. The molecule has 1 amide bonds. The lowest BCUT2D eigenvalue weighted by atomic mass is 10.0. The molecule has 1 unspecified atom stereocenters. The molecule has 0 aliphatic heterocycles. The highest BCUT2D eigenvalue weighted by molar-refractivity contribution is 6.30. The zero-order chi connectivity index (χ0) is 24.8. The smallest absolute Gasteiger partial charge is 0.250 e. The molecule has 8 heteroatoms. The Morgan fingerprint density at radius 2 is 2.06 bits per heavy atom. The van der Waals surface area contributed by atoms with Crippen molar-refractivity contribution in [2.75, 3.05) is 26.4 Å². The van der Waals surface area contributed by atoms with Crippen molar-refractivity contribution < 1.29 is 19.4 Å². The van der Waals surface area contributed by atoms with Crippen LogP contribution in [-0.2, 0) is 13.0 Å². The lowest BCUT2D eigenvalue weighted by molar-refractivity contribution is 0.100. The number of nitrogens with one attached hydrogen (secondary N) is 1. The summed E-state index contributed by atoms with van der Waals surface area (Å²) in [5, 5.41) is 14.2. The van der Waals surface area contributed by atoms with Crippen LogP contribution < -0.4 is 20.5 Å². The second-order valence-electron chi connectivity index (χ2n) is 9.28. The fourth-order valence-corrected chi connectivity index (χ4v) is 4.40. The minimum Gasteiger partial charge on any atom is -0.489 e. The highest BCUT2D eigenvalue weighted by Crippen LogP contribution is 2.34. The van der Waals surface area contributed by atoms with E-state index in [9.17, 15) is 4.79 Å². The summed E-state index contributed by atoms with van der Waals surface area (Å²) in [5.41, 5.74) is 8.08. The Morgan fingerprint density at radius 1 is 1.23 bits per heavy atom. The van der Waals surface area contributed by atoms with Crippen LogP contribution in [-0.4, -0.2) is 48.0 Å². The number of hydrogen-bond acceptors (Lipinski definition) is 5. The van der Waals surface area contributed by atoms with Crippen LogP contribution in [0.2, 0.25) is 5.02 Å². The molecule has 1 aliphatic rings. The van der Waals surface area contributed by atoms with Crippen LogP contribution in [0.5, 0.6) is 11.5 Å². The van der Waals surface area contributed by atoms with Crippen molar-refractivity contribution in [2.45, 2.75) is 45.2 Å². The molecule has 1 saturated carbocycles. The summed E-state index contributed by atoms with van der Waals surface area (Å²) in [6.07, 6.45) is 5.75. The monoisotopic (exact) mass is 499 g/mol. The zero-order valence-electron chi connectivity index (χ0n) is 20.1. The van der Waals surface area contributed by atoms with Gasteiger partial charge in [0.15, 0.2) is 11.5 Å². The number of carbonyl (C=O) groups is 1. The number of aliphatic hydroxyl groups excluding tert-OH is 1. The Kier molecular flexibility index (Phi) is 8.55. The van der Waals surface area contributed by atoms with Gasteiger partial charge in [0.05, 0.1) is 17.7 Å². The predicted octanol–water partition coefficient (Wildman–Crippen LogP) is 4.16. The van der Waals surface area contributed by atoms with Crippen LogP contribution >= 0.6 is 11.6 Å². The molecule has 35 heavy (non-hydrogen) atoms. The van der Waals surface area contributed by atoms with E-state index in [0.717, 1.165) is 22.9 Å². The van der Waals surface area contributed by atoms with Crippen molar-refractivity contribution in [1.29, 1.82) is 0 Å². The maximum atomic E-state index is 12.2. The number of aryl methyl sites for hydroxylation is 1. The van der Waals surface area contributed by atoms with Gasteiger partial charge in [-0.15, -0.1) is 0 Å². The maximum Gasteiger partial charge on any atom is 0.250 e. The van der Waals surface area contributed by atoms with Crippen molar-refractivity contribution in [2.24, 2.45) is 11.7 Å².